The van der Waals surface area contributed by atoms with Crippen LogP contribution in [0.25, 0.3) is 0 Å². The third kappa shape index (κ3) is 21.2. The van der Waals surface area contributed by atoms with Gasteiger partial charge in [0.05, 0.1) is 37.1 Å². The summed E-state index contributed by atoms with van der Waals surface area (Å²) >= 11 is 0. The normalized spacial score (nSPS) is 14.3. The van der Waals surface area contributed by atoms with E-state index in [0.717, 1.165) is 48.5 Å². The Morgan fingerprint density at radius 2 is 1.06 bits per heavy atom. The molecule has 0 aromatic rings. The van der Waals surface area contributed by atoms with Crippen molar-refractivity contribution < 1.29 is 23.7 Å². The van der Waals surface area contributed by atoms with Gasteiger partial charge in [0, 0.05) is 18.9 Å². The van der Waals surface area contributed by atoms with Gasteiger partial charge in [-0.1, -0.05) is 0 Å². The van der Waals surface area contributed by atoms with Gasteiger partial charge in [-0.2, -0.15) is 0 Å². The molecule has 0 spiro atoms. The zero-order valence-corrected chi connectivity index (χ0v) is 24.0. The van der Waals surface area contributed by atoms with E-state index in [1.54, 1.807) is 0 Å². The maximum absolute atomic E-state index is 6.03. The lowest BCUT2D eigenvalue weighted by molar-refractivity contribution is -0.167. The summed E-state index contributed by atoms with van der Waals surface area (Å²) in [5.41, 5.74) is 5.67. The van der Waals surface area contributed by atoms with Crippen molar-refractivity contribution in [3.63, 3.8) is 0 Å². The van der Waals surface area contributed by atoms with Crippen LogP contribution < -0.4 is 5.73 Å². The first-order chi connectivity index (χ1) is 15.1. The first kappa shape index (κ1) is 32.6. The van der Waals surface area contributed by atoms with Crippen molar-refractivity contribution in [3.05, 3.63) is 0 Å². The van der Waals surface area contributed by atoms with Crippen LogP contribution in [0.3, 0.4) is 0 Å². The van der Waals surface area contributed by atoms with Crippen LogP contribution in [-0.4, -0.2) is 80.9 Å². The lowest BCUT2D eigenvalue weighted by Crippen LogP contribution is -2.27. The van der Waals surface area contributed by atoms with E-state index in [1.807, 2.05) is 0 Å². The molecule has 0 rings (SSSR count). The lowest BCUT2D eigenvalue weighted by Gasteiger charge is -2.24. The molecule has 2 N–H and O–H groups in total. The molecule has 0 radical (unpaired) electrons. The third-order valence-electron chi connectivity index (χ3n) is 4.31. The van der Waals surface area contributed by atoms with E-state index >= 15 is 0 Å². The summed E-state index contributed by atoms with van der Waals surface area (Å²) in [6.07, 6.45) is 8.43. The Balaban J connectivity index is 4.24. The average molecular weight is 498 g/mol. The summed E-state index contributed by atoms with van der Waals surface area (Å²) in [5, 5.41) is 0. The molecule has 3 unspecified atom stereocenters. The highest BCUT2D eigenvalue weighted by atomic mass is 31.1. The summed E-state index contributed by atoms with van der Waals surface area (Å²) in [5.74, 6) is 0. The van der Waals surface area contributed by atoms with Crippen molar-refractivity contribution in [1.82, 2.24) is 0 Å². The molecule has 0 aromatic heterocycles. The first-order valence-electron chi connectivity index (χ1n) is 12.5. The van der Waals surface area contributed by atoms with Crippen molar-refractivity contribution in [3.8, 4) is 0 Å². The fourth-order valence-corrected chi connectivity index (χ4v) is 5.42. The maximum atomic E-state index is 6.03. The highest BCUT2D eigenvalue weighted by Crippen LogP contribution is 2.23. The van der Waals surface area contributed by atoms with Crippen molar-refractivity contribution in [1.29, 1.82) is 0 Å². The topological polar surface area (TPSA) is 72.2 Å². The highest BCUT2D eigenvalue weighted by Gasteiger charge is 2.16. The van der Waals surface area contributed by atoms with Crippen molar-refractivity contribution in [2.75, 3.05) is 37.8 Å². The third-order valence-corrected chi connectivity index (χ3v) is 6.91. The van der Waals surface area contributed by atoms with Crippen molar-refractivity contribution in [2.24, 2.45) is 5.73 Å². The second-order valence-electron chi connectivity index (χ2n) is 9.22. The Morgan fingerprint density at radius 3 is 1.47 bits per heavy atom. The molecule has 0 saturated heterocycles. The van der Waals surface area contributed by atoms with Gasteiger partial charge in [0.1, 0.15) is 0 Å². The molecule has 0 aromatic carbocycles. The van der Waals surface area contributed by atoms with Crippen LogP contribution >= 0.6 is 17.2 Å². The van der Waals surface area contributed by atoms with Crippen LogP contribution in [0.15, 0.2) is 0 Å². The van der Waals surface area contributed by atoms with Crippen LogP contribution in [0.1, 0.15) is 74.7 Å². The van der Waals surface area contributed by atoms with E-state index in [9.17, 15) is 0 Å². The van der Waals surface area contributed by atoms with E-state index in [4.69, 9.17) is 29.4 Å². The predicted molar refractivity (Wildman–Crippen MR) is 141 cm³/mol. The van der Waals surface area contributed by atoms with Crippen LogP contribution in [0.4, 0.5) is 0 Å². The van der Waals surface area contributed by atoms with E-state index in [0.29, 0.717) is 19.3 Å². The number of rotatable bonds is 22. The minimum atomic E-state index is -0.105. The molecule has 0 saturated carbocycles. The Kier molecular flexibility index (Phi) is 21.4. The molecule has 0 amide bonds. The van der Waals surface area contributed by atoms with Gasteiger partial charge < -0.3 is 29.4 Å². The molecule has 32 heavy (non-hydrogen) atoms. The second-order valence-corrected chi connectivity index (χ2v) is 12.0. The molecule has 3 atom stereocenters. The van der Waals surface area contributed by atoms with Gasteiger partial charge in [-0.3, -0.25) is 0 Å². The maximum Gasteiger partial charge on any atom is 0.161 e. The van der Waals surface area contributed by atoms with E-state index in [-0.39, 0.29) is 37.0 Å². The molecule has 0 heterocycles. The Bertz CT molecular complexity index is 394. The van der Waals surface area contributed by atoms with Crippen LogP contribution in [-0.2, 0) is 23.7 Å². The SMILES string of the molecule is CC(C)OC(CPCCCC(CCPCC(OC(C)C)OC(C)C)OCCN)OC(C)C. The smallest absolute Gasteiger partial charge is 0.161 e. The molecule has 6 nitrogen and oxygen atoms in total. The molecular formula is C24H53NO5P2. The Morgan fingerprint density at radius 1 is 0.625 bits per heavy atom. The molecule has 8 heteroatoms. The molecule has 0 fully saturated rings. The molecule has 0 bridgehead atoms. The summed E-state index contributed by atoms with van der Waals surface area (Å²) in [7, 11) is 1.66. The molecule has 194 valence electrons. The van der Waals surface area contributed by atoms with E-state index in [2.05, 4.69) is 55.4 Å². The van der Waals surface area contributed by atoms with Crippen molar-refractivity contribution >= 4 is 17.2 Å². The molecular weight excluding hydrogens is 444 g/mol. The zero-order valence-electron chi connectivity index (χ0n) is 22.0. The van der Waals surface area contributed by atoms with Gasteiger partial charge in [-0.05, 0) is 87.0 Å². The molecule has 0 aliphatic rings. The predicted octanol–water partition coefficient (Wildman–Crippen LogP) is 5.21. The summed E-state index contributed by atoms with van der Waals surface area (Å²) in [6.45, 7) is 17.7. The van der Waals surface area contributed by atoms with Crippen LogP contribution in [0, 0.1) is 0 Å². The van der Waals surface area contributed by atoms with Crippen LogP contribution in [0.2, 0.25) is 0 Å². The lowest BCUT2D eigenvalue weighted by atomic mass is 10.1. The number of hydrogen-bond acceptors (Lipinski definition) is 6. The molecule has 0 aliphatic carbocycles. The van der Waals surface area contributed by atoms with Gasteiger partial charge in [-0.25, -0.2) is 0 Å². The number of hydrogen-bond donors (Lipinski definition) is 1. The average Bonchev–Trinajstić information content (AvgIpc) is 2.66. The largest absolute Gasteiger partial charge is 0.377 e. The highest BCUT2D eigenvalue weighted by molar-refractivity contribution is 7.38. The van der Waals surface area contributed by atoms with Gasteiger partial charge in [0.15, 0.2) is 12.6 Å². The fraction of sp³-hybridized carbons (Fsp3) is 1.00. The van der Waals surface area contributed by atoms with Gasteiger partial charge in [-0.15, -0.1) is 17.2 Å². The molecule has 0 aliphatic heterocycles. The van der Waals surface area contributed by atoms with Gasteiger partial charge >= 0.3 is 0 Å². The summed E-state index contributed by atoms with van der Waals surface area (Å²) in [6, 6.07) is 0. The van der Waals surface area contributed by atoms with E-state index < -0.39 is 0 Å². The fourth-order valence-electron chi connectivity index (χ4n) is 3.17. The zero-order chi connectivity index (χ0) is 24.4. The van der Waals surface area contributed by atoms with Crippen LogP contribution in [0.5, 0.6) is 0 Å². The van der Waals surface area contributed by atoms with Crippen molar-refractivity contribution in [2.45, 2.75) is 118 Å². The minimum Gasteiger partial charge on any atom is -0.377 e. The van der Waals surface area contributed by atoms with Gasteiger partial charge in [0.2, 0.25) is 0 Å². The Hall–Kier alpha value is 0.620. The summed E-state index contributed by atoms with van der Waals surface area (Å²) in [4.78, 5) is 0. The minimum absolute atomic E-state index is 0.0899. The van der Waals surface area contributed by atoms with Gasteiger partial charge in [0.25, 0.3) is 0 Å². The standard InChI is InChI=1S/C24H53NO5P2/c1-18(2)27-23(28-19(3)4)16-31-14-9-10-22(26-13-12-25)11-15-32-17-24(29-20(5)6)30-21(7)8/h18-24,31-32H,9-17,25H2,1-8H3. The second kappa shape index (κ2) is 20.9. The number of nitrogens with two attached hydrogens (primary N) is 1. The number of ether oxygens (including phenoxy) is 5. The monoisotopic (exact) mass is 497 g/mol. The quantitative estimate of drug-likeness (QED) is 0.126. The summed E-state index contributed by atoms with van der Waals surface area (Å²) < 4.78 is 29.7. The van der Waals surface area contributed by atoms with E-state index in [1.165, 1.54) is 12.6 Å². The Labute approximate surface area is 202 Å². The first-order valence-corrected chi connectivity index (χ1v) is 15.3.